The summed E-state index contributed by atoms with van der Waals surface area (Å²) in [5.74, 6) is 0.699. The maximum atomic E-state index is 9.03. The fraction of sp³-hybridized carbons (Fsp3) is 0.250. The van der Waals surface area contributed by atoms with Gasteiger partial charge < -0.3 is 15.6 Å². The van der Waals surface area contributed by atoms with Crippen LogP contribution in [0.1, 0.15) is 24.2 Å². The minimum atomic E-state index is -0.316. The lowest BCUT2D eigenvalue weighted by atomic mass is 10.0. The van der Waals surface area contributed by atoms with E-state index in [-0.39, 0.29) is 18.8 Å². The topological polar surface area (TPSA) is 55.5 Å². The normalized spacial score (nSPS) is 13.8. The SMILES string of the molecule is CC(N)C(Oc1ccc(CO)cc1)c1ccccc1Cl. The summed E-state index contributed by atoms with van der Waals surface area (Å²) < 4.78 is 5.95. The van der Waals surface area contributed by atoms with Gasteiger partial charge in [-0.25, -0.2) is 0 Å². The van der Waals surface area contributed by atoms with Gasteiger partial charge in [0.25, 0.3) is 0 Å². The highest BCUT2D eigenvalue weighted by Gasteiger charge is 2.20. The van der Waals surface area contributed by atoms with E-state index in [4.69, 9.17) is 27.2 Å². The number of hydrogen-bond acceptors (Lipinski definition) is 3. The van der Waals surface area contributed by atoms with Crippen LogP contribution in [0.25, 0.3) is 0 Å². The molecule has 2 aromatic carbocycles. The molecule has 0 saturated heterocycles. The van der Waals surface area contributed by atoms with Gasteiger partial charge in [-0.05, 0) is 30.7 Å². The van der Waals surface area contributed by atoms with Gasteiger partial charge in [0.05, 0.1) is 6.61 Å². The van der Waals surface area contributed by atoms with Crippen molar-refractivity contribution in [3.05, 3.63) is 64.7 Å². The molecule has 4 heteroatoms. The predicted octanol–water partition coefficient (Wildman–Crippen LogP) is 3.30. The number of aliphatic hydroxyl groups excluding tert-OH is 1. The number of hydrogen-bond donors (Lipinski definition) is 2. The minimum absolute atomic E-state index is 0.0154. The van der Waals surface area contributed by atoms with E-state index in [0.717, 1.165) is 11.1 Å². The van der Waals surface area contributed by atoms with Gasteiger partial charge >= 0.3 is 0 Å². The van der Waals surface area contributed by atoms with Crippen molar-refractivity contribution < 1.29 is 9.84 Å². The first-order chi connectivity index (χ1) is 9.61. The highest BCUT2D eigenvalue weighted by molar-refractivity contribution is 6.31. The molecule has 3 nitrogen and oxygen atoms in total. The van der Waals surface area contributed by atoms with Crippen molar-refractivity contribution in [3.63, 3.8) is 0 Å². The zero-order valence-electron chi connectivity index (χ0n) is 11.3. The average Bonchev–Trinajstić information content (AvgIpc) is 2.46. The smallest absolute Gasteiger partial charge is 0.140 e. The summed E-state index contributed by atoms with van der Waals surface area (Å²) in [4.78, 5) is 0. The molecule has 2 unspecified atom stereocenters. The molecular formula is C16H18ClNO2. The van der Waals surface area contributed by atoms with Crippen molar-refractivity contribution in [2.24, 2.45) is 5.73 Å². The Morgan fingerprint density at radius 2 is 1.80 bits per heavy atom. The molecule has 0 aliphatic carbocycles. The third kappa shape index (κ3) is 3.51. The van der Waals surface area contributed by atoms with Crippen molar-refractivity contribution in [1.82, 2.24) is 0 Å². The first kappa shape index (κ1) is 14.9. The molecule has 2 aromatic rings. The van der Waals surface area contributed by atoms with E-state index in [1.807, 2.05) is 55.5 Å². The van der Waals surface area contributed by atoms with Crippen LogP contribution in [0, 0.1) is 0 Å². The highest BCUT2D eigenvalue weighted by Crippen LogP contribution is 2.29. The summed E-state index contributed by atoms with van der Waals surface area (Å²) in [6.07, 6.45) is -0.316. The summed E-state index contributed by atoms with van der Waals surface area (Å²) in [5.41, 5.74) is 7.73. The van der Waals surface area contributed by atoms with E-state index in [1.165, 1.54) is 0 Å². The summed E-state index contributed by atoms with van der Waals surface area (Å²) in [6, 6.07) is 14.6. The van der Waals surface area contributed by atoms with Crippen LogP contribution in [-0.2, 0) is 6.61 Å². The molecule has 0 bridgehead atoms. The van der Waals surface area contributed by atoms with Crippen LogP contribution in [0.4, 0.5) is 0 Å². The van der Waals surface area contributed by atoms with Gasteiger partial charge in [-0.2, -0.15) is 0 Å². The Kier molecular flexibility index (Phi) is 5.01. The van der Waals surface area contributed by atoms with Crippen LogP contribution in [0.15, 0.2) is 48.5 Å². The molecule has 0 radical (unpaired) electrons. The number of ether oxygens (including phenoxy) is 1. The van der Waals surface area contributed by atoms with E-state index >= 15 is 0 Å². The van der Waals surface area contributed by atoms with Crippen LogP contribution in [0.5, 0.6) is 5.75 Å². The van der Waals surface area contributed by atoms with Crippen molar-refractivity contribution >= 4 is 11.6 Å². The first-order valence-corrected chi connectivity index (χ1v) is 6.86. The summed E-state index contributed by atoms with van der Waals surface area (Å²) in [5, 5.41) is 9.68. The molecule has 20 heavy (non-hydrogen) atoms. The van der Waals surface area contributed by atoms with Crippen LogP contribution >= 0.6 is 11.6 Å². The van der Waals surface area contributed by atoms with Crippen molar-refractivity contribution in [2.45, 2.75) is 25.7 Å². The second-order valence-corrected chi connectivity index (χ2v) is 5.13. The standard InChI is InChI=1S/C16H18ClNO2/c1-11(18)16(14-4-2-3-5-15(14)17)20-13-8-6-12(10-19)7-9-13/h2-9,11,16,19H,10,18H2,1H3. The Labute approximate surface area is 123 Å². The van der Waals surface area contributed by atoms with Crippen LogP contribution in [0.2, 0.25) is 5.02 Å². The maximum Gasteiger partial charge on any atom is 0.140 e. The summed E-state index contributed by atoms with van der Waals surface area (Å²) in [6.45, 7) is 1.90. The molecule has 0 heterocycles. The molecular weight excluding hydrogens is 274 g/mol. The minimum Gasteiger partial charge on any atom is -0.484 e. The third-order valence-electron chi connectivity index (χ3n) is 3.06. The molecule has 0 spiro atoms. The molecule has 0 fully saturated rings. The summed E-state index contributed by atoms with van der Waals surface area (Å²) in [7, 11) is 0. The zero-order valence-corrected chi connectivity index (χ0v) is 12.0. The van der Waals surface area contributed by atoms with Crippen molar-refractivity contribution in [2.75, 3.05) is 0 Å². The number of halogens is 1. The number of benzene rings is 2. The fourth-order valence-corrected chi connectivity index (χ4v) is 2.22. The fourth-order valence-electron chi connectivity index (χ4n) is 1.98. The maximum absolute atomic E-state index is 9.03. The van der Waals surface area contributed by atoms with Gasteiger partial charge in [-0.15, -0.1) is 0 Å². The lowest BCUT2D eigenvalue weighted by molar-refractivity contribution is 0.180. The first-order valence-electron chi connectivity index (χ1n) is 6.48. The second-order valence-electron chi connectivity index (χ2n) is 4.72. The predicted molar refractivity (Wildman–Crippen MR) is 80.8 cm³/mol. The molecule has 106 valence electrons. The average molecular weight is 292 g/mol. The number of rotatable bonds is 5. The molecule has 0 saturated carbocycles. The van der Waals surface area contributed by atoms with Gasteiger partial charge in [0, 0.05) is 16.6 Å². The second kappa shape index (κ2) is 6.75. The Morgan fingerprint density at radius 3 is 2.35 bits per heavy atom. The van der Waals surface area contributed by atoms with E-state index in [1.54, 1.807) is 0 Å². The number of nitrogens with two attached hydrogens (primary N) is 1. The molecule has 2 rings (SSSR count). The van der Waals surface area contributed by atoms with Crippen LogP contribution in [0.3, 0.4) is 0 Å². The quantitative estimate of drug-likeness (QED) is 0.889. The van der Waals surface area contributed by atoms with Gasteiger partial charge in [-0.1, -0.05) is 41.9 Å². The van der Waals surface area contributed by atoms with E-state index < -0.39 is 0 Å². The van der Waals surface area contributed by atoms with Gasteiger partial charge in [0.15, 0.2) is 0 Å². The van der Waals surface area contributed by atoms with Gasteiger partial charge in [0.2, 0.25) is 0 Å². The van der Waals surface area contributed by atoms with Crippen molar-refractivity contribution in [3.8, 4) is 5.75 Å². The largest absolute Gasteiger partial charge is 0.484 e. The molecule has 3 N–H and O–H groups in total. The summed E-state index contributed by atoms with van der Waals surface area (Å²) >= 11 is 6.21. The molecule has 0 aliphatic heterocycles. The van der Waals surface area contributed by atoms with Crippen LogP contribution < -0.4 is 10.5 Å². The van der Waals surface area contributed by atoms with E-state index in [0.29, 0.717) is 10.8 Å². The third-order valence-corrected chi connectivity index (χ3v) is 3.40. The Bertz CT molecular complexity index is 555. The Balaban J connectivity index is 2.23. The van der Waals surface area contributed by atoms with Crippen LogP contribution in [-0.4, -0.2) is 11.1 Å². The molecule has 0 aliphatic rings. The van der Waals surface area contributed by atoms with E-state index in [9.17, 15) is 0 Å². The molecule has 0 aromatic heterocycles. The van der Waals surface area contributed by atoms with E-state index in [2.05, 4.69) is 0 Å². The zero-order chi connectivity index (χ0) is 14.5. The lowest BCUT2D eigenvalue weighted by Gasteiger charge is -2.24. The van der Waals surface area contributed by atoms with Gasteiger partial charge in [0.1, 0.15) is 11.9 Å². The Morgan fingerprint density at radius 1 is 1.15 bits per heavy atom. The molecule has 2 atom stereocenters. The van der Waals surface area contributed by atoms with Gasteiger partial charge in [-0.3, -0.25) is 0 Å². The molecule has 0 amide bonds. The number of aliphatic hydroxyl groups is 1. The monoisotopic (exact) mass is 291 g/mol. The Hall–Kier alpha value is -1.55. The van der Waals surface area contributed by atoms with Crippen molar-refractivity contribution in [1.29, 1.82) is 0 Å². The highest BCUT2D eigenvalue weighted by atomic mass is 35.5. The lowest BCUT2D eigenvalue weighted by Crippen LogP contribution is -2.29.